The number of rotatable bonds is 4. The fourth-order valence-corrected chi connectivity index (χ4v) is 7.55. The highest BCUT2D eigenvalue weighted by atomic mass is 35.5. The number of hydrogen-bond donors (Lipinski definition) is 1. The van der Waals surface area contributed by atoms with Crippen molar-refractivity contribution >= 4 is 11.6 Å². The molecule has 1 aromatic rings. The number of aromatic nitrogens is 2. The van der Waals surface area contributed by atoms with Gasteiger partial charge < -0.3 is 4.98 Å². The Hall–Kier alpha value is -0.500. The Bertz CT molecular complexity index is 505. The van der Waals surface area contributed by atoms with Crippen LogP contribution < -0.4 is 0 Å². The van der Waals surface area contributed by atoms with Crippen LogP contribution in [0.15, 0.2) is 12.4 Å². The second-order valence-corrected chi connectivity index (χ2v) is 9.79. The Morgan fingerprint density at radius 1 is 1.24 bits per heavy atom. The van der Waals surface area contributed by atoms with Crippen LogP contribution in [0.3, 0.4) is 0 Å². The molecule has 0 aromatic carbocycles. The first-order valence-electron chi connectivity index (χ1n) is 8.50. The second kappa shape index (κ2) is 4.50. The molecule has 3 unspecified atom stereocenters. The Morgan fingerprint density at radius 3 is 2.52 bits per heavy atom. The van der Waals surface area contributed by atoms with Gasteiger partial charge in [-0.1, -0.05) is 13.8 Å². The van der Waals surface area contributed by atoms with E-state index >= 15 is 0 Å². The average Bonchev–Trinajstić information content (AvgIpc) is 2.74. The number of nitrogens with zero attached hydrogens (tertiary/aromatic N) is 1. The Kier molecular flexibility index (Phi) is 3.03. The van der Waals surface area contributed by atoms with Crippen molar-refractivity contribution in [2.24, 2.45) is 22.2 Å². The summed E-state index contributed by atoms with van der Waals surface area (Å²) in [5.74, 6) is 2.00. The molecule has 0 radical (unpaired) electrons. The molecule has 1 aromatic heterocycles. The minimum Gasteiger partial charge on any atom is -0.349 e. The molecule has 0 saturated heterocycles. The number of alkyl halides is 1. The molecule has 4 aliphatic carbocycles. The van der Waals surface area contributed by atoms with Gasteiger partial charge in [-0.05, 0) is 67.1 Å². The van der Waals surface area contributed by atoms with Crippen molar-refractivity contribution in [3.8, 4) is 0 Å². The monoisotopic (exact) mass is 306 g/mol. The van der Waals surface area contributed by atoms with Crippen LogP contribution in [-0.4, -0.2) is 15.3 Å². The van der Waals surface area contributed by atoms with Gasteiger partial charge in [0, 0.05) is 24.2 Å². The van der Waals surface area contributed by atoms with Crippen LogP contribution >= 0.6 is 11.6 Å². The smallest absolute Gasteiger partial charge is 0.107 e. The zero-order chi connectivity index (χ0) is 14.7. The van der Waals surface area contributed by atoms with Gasteiger partial charge in [0.05, 0.1) is 0 Å². The van der Waals surface area contributed by atoms with Crippen molar-refractivity contribution < 1.29 is 0 Å². The van der Waals surface area contributed by atoms with Gasteiger partial charge in [-0.25, -0.2) is 4.98 Å². The fourth-order valence-electron chi connectivity index (χ4n) is 7.07. The number of halogens is 1. The molecule has 21 heavy (non-hydrogen) atoms. The lowest BCUT2D eigenvalue weighted by atomic mass is 9.39. The molecule has 0 amide bonds. The predicted molar refractivity (Wildman–Crippen MR) is 86.4 cm³/mol. The van der Waals surface area contributed by atoms with Crippen molar-refractivity contribution in [2.75, 3.05) is 0 Å². The van der Waals surface area contributed by atoms with Crippen LogP contribution in [0.2, 0.25) is 0 Å². The first kappa shape index (κ1) is 14.1. The van der Waals surface area contributed by atoms with Crippen molar-refractivity contribution in [1.29, 1.82) is 0 Å². The van der Waals surface area contributed by atoms with E-state index in [0.29, 0.717) is 16.2 Å². The predicted octanol–water partition coefficient (Wildman–Crippen LogP) is 4.95. The van der Waals surface area contributed by atoms with Gasteiger partial charge in [0.15, 0.2) is 0 Å². The number of hydrogen-bond acceptors (Lipinski definition) is 1. The summed E-state index contributed by atoms with van der Waals surface area (Å²) in [7, 11) is 0. The molecule has 1 heterocycles. The van der Waals surface area contributed by atoms with Gasteiger partial charge in [-0.15, -0.1) is 11.6 Å². The van der Waals surface area contributed by atoms with E-state index < -0.39 is 0 Å². The molecule has 0 spiro atoms. The highest BCUT2D eigenvalue weighted by Gasteiger charge is 2.59. The maximum Gasteiger partial charge on any atom is 0.107 e. The quantitative estimate of drug-likeness (QED) is 0.784. The van der Waals surface area contributed by atoms with Crippen molar-refractivity contribution in [2.45, 2.75) is 70.6 Å². The maximum atomic E-state index is 6.74. The second-order valence-electron chi connectivity index (χ2n) is 9.17. The summed E-state index contributed by atoms with van der Waals surface area (Å²) in [5.41, 5.74) is 1.70. The third-order valence-corrected chi connectivity index (χ3v) is 6.67. The summed E-state index contributed by atoms with van der Waals surface area (Å²) >= 11 is 6.74. The minimum absolute atomic E-state index is 0.222. The van der Waals surface area contributed by atoms with Crippen LogP contribution in [0, 0.1) is 22.2 Å². The van der Waals surface area contributed by atoms with Gasteiger partial charge in [0.1, 0.15) is 5.82 Å². The number of nitrogens with one attached hydrogen (secondary N) is 1. The van der Waals surface area contributed by atoms with Crippen LogP contribution in [0.4, 0.5) is 0 Å². The standard InChI is InChI=1S/C18H27ClN2/c1-16-6-13-7-17(2,10-16)12-18(8-13,11-16)9-14(19)5-15-20-3-4-21-15/h3-4,13-14H,5-12H2,1-2H3,(H,20,21). The molecule has 116 valence electrons. The van der Waals surface area contributed by atoms with E-state index in [0.717, 1.165) is 18.2 Å². The van der Waals surface area contributed by atoms with E-state index in [1.807, 2.05) is 12.4 Å². The van der Waals surface area contributed by atoms with Gasteiger partial charge in [-0.2, -0.15) is 0 Å². The number of H-pyrrole nitrogens is 1. The summed E-state index contributed by atoms with van der Waals surface area (Å²) in [4.78, 5) is 7.53. The molecule has 2 nitrogen and oxygen atoms in total. The molecule has 4 aliphatic rings. The average molecular weight is 307 g/mol. The summed E-state index contributed by atoms with van der Waals surface area (Å²) in [6, 6.07) is 0. The molecular formula is C18H27ClN2. The van der Waals surface area contributed by atoms with E-state index in [1.165, 1.54) is 44.9 Å². The SMILES string of the molecule is CC12CC3CC(C)(C1)CC(CC(Cl)Cc1ncc[nH]1)(C3)C2. The molecule has 3 atom stereocenters. The highest BCUT2D eigenvalue weighted by molar-refractivity contribution is 6.20. The first-order valence-corrected chi connectivity index (χ1v) is 8.94. The van der Waals surface area contributed by atoms with E-state index in [2.05, 4.69) is 23.8 Å². The Balaban J connectivity index is 1.51. The van der Waals surface area contributed by atoms with E-state index in [-0.39, 0.29) is 5.38 Å². The van der Waals surface area contributed by atoms with Crippen molar-refractivity contribution in [3.63, 3.8) is 0 Å². The van der Waals surface area contributed by atoms with Crippen molar-refractivity contribution in [3.05, 3.63) is 18.2 Å². The fraction of sp³-hybridized carbons (Fsp3) is 0.833. The lowest BCUT2D eigenvalue weighted by molar-refractivity contribution is -0.147. The van der Waals surface area contributed by atoms with Gasteiger partial charge in [-0.3, -0.25) is 0 Å². The molecule has 4 saturated carbocycles. The van der Waals surface area contributed by atoms with E-state index in [9.17, 15) is 0 Å². The molecule has 4 bridgehead atoms. The normalized spacial score (nSPS) is 46.0. The summed E-state index contributed by atoms with van der Waals surface area (Å²) < 4.78 is 0. The largest absolute Gasteiger partial charge is 0.349 e. The van der Waals surface area contributed by atoms with E-state index in [4.69, 9.17) is 11.6 Å². The van der Waals surface area contributed by atoms with E-state index in [1.54, 1.807) is 0 Å². The highest BCUT2D eigenvalue weighted by Crippen LogP contribution is 2.70. The maximum absolute atomic E-state index is 6.74. The molecule has 3 heteroatoms. The van der Waals surface area contributed by atoms with Crippen LogP contribution in [0.5, 0.6) is 0 Å². The Morgan fingerprint density at radius 2 is 1.95 bits per heavy atom. The van der Waals surface area contributed by atoms with Crippen molar-refractivity contribution in [1.82, 2.24) is 9.97 Å². The summed E-state index contributed by atoms with van der Waals surface area (Å²) in [6.07, 6.45) is 14.4. The third kappa shape index (κ3) is 2.54. The van der Waals surface area contributed by atoms with Gasteiger partial charge >= 0.3 is 0 Å². The summed E-state index contributed by atoms with van der Waals surface area (Å²) in [6.45, 7) is 5.08. The topological polar surface area (TPSA) is 28.7 Å². The zero-order valence-electron chi connectivity index (χ0n) is 13.3. The minimum atomic E-state index is 0.222. The molecular weight excluding hydrogens is 280 g/mol. The number of imidazole rings is 1. The lowest BCUT2D eigenvalue weighted by Crippen LogP contribution is -2.55. The molecule has 5 rings (SSSR count). The Labute approximate surface area is 133 Å². The third-order valence-electron chi connectivity index (χ3n) is 6.37. The lowest BCUT2D eigenvalue weighted by Gasteiger charge is -2.66. The molecule has 1 N–H and O–H groups in total. The van der Waals surface area contributed by atoms with Crippen LogP contribution in [0.25, 0.3) is 0 Å². The number of aromatic amines is 1. The van der Waals surface area contributed by atoms with Gasteiger partial charge in [0.2, 0.25) is 0 Å². The van der Waals surface area contributed by atoms with Crippen LogP contribution in [-0.2, 0) is 6.42 Å². The molecule has 4 fully saturated rings. The van der Waals surface area contributed by atoms with Gasteiger partial charge in [0.25, 0.3) is 0 Å². The first-order chi connectivity index (χ1) is 9.88. The van der Waals surface area contributed by atoms with Crippen LogP contribution in [0.1, 0.15) is 64.6 Å². The zero-order valence-corrected chi connectivity index (χ0v) is 14.0. The molecule has 0 aliphatic heterocycles. The summed E-state index contributed by atoms with van der Waals surface area (Å²) in [5, 5.41) is 0.222.